The second-order valence-electron chi connectivity index (χ2n) is 6.44. The van der Waals surface area contributed by atoms with Crippen molar-refractivity contribution in [1.82, 2.24) is 5.32 Å². The Labute approximate surface area is 151 Å². The topological polar surface area (TPSA) is 66.4 Å². The van der Waals surface area contributed by atoms with Gasteiger partial charge in [0.15, 0.2) is 0 Å². The molecule has 4 nitrogen and oxygen atoms in total. The number of aliphatic carboxylic acids is 1. The largest absolute Gasteiger partial charge is 0.481 e. The SMILES string of the molecule is O=C(O)C(CNC(=O)C1CC1c1ccccc1Cl)Cc1ccccc1. The van der Waals surface area contributed by atoms with Crippen molar-refractivity contribution in [3.8, 4) is 0 Å². The molecule has 0 radical (unpaired) electrons. The van der Waals surface area contributed by atoms with Crippen LogP contribution in [0.25, 0.3) is 0 Å². The first-order valence-corrected chi connectivity index (χ1v) is 8.73. The number of benzene rings is 2. The van der Waals surface area contributed by atoms with Gasteiger partial charge in [0, 0.05) is 17.5 Å². The van der Waals surface area contributed by atoms with Gasteiger partial charge in [-0.05, 0) is 36.0 Å². The fourth-order valence-corrected chi connectivity index (χ4v) is 3.38. The van der Waals surface area contributed by atoms with E-state index in [1.54, 1.807) is 0 Å². The van der Waals surface area contributed by atoms with Gasteiger partial charge in [0.05, 0.1) is 5.92 Å². The molecule has 3 unspecified atom stereocenters. The van der Waals surface area contributed by atoms with Gasteiger partial charge in [-0.3, -0.25) is 9.59 Å². The molecule has 2 aromatic rings. The second kappa shape index (κ2) is 7.70. The number of hydrogen-bond donors (Lipinski definition) is 2. The van der Waals surface area contributed by atoms with Crippen molar-refractivity contribution in [3.05, 3.63) is 70.7 Å². The highest BCUT2D eigenvalue weighted by Crippen LogP contribution is 2.49. The van der Waals surface area contributed by atoms with Crippen LogP contribution in [0.5, 0.6) is 0 Å². The minimum Gasteiger partial charge on any atom is -0.481 e. The molecule has 2 N–H and O–H groups in total. The fraction of sp³-hybridized carbons (Fsp3) is 0.300. The zero-order chi connectivity index (χ0) is 17.8. The molecule has 3 rings (SSSR count). The predicted molar refractivity (Wildman–Crippen MR) is 96.6 cm³/mol. The van der Waals surface area contributed by atoms with Crippen LogP contribution in [0.15, 0.2) is 54.6 Å². The number of rotatable bonds is 7. The molecule has 3 atom stereocenters. The lowest BCUT2D eigenvalue weighted by Gasteiger charge is -2.13. The number of hydrogen-bond acceptors (Lipinski definition) is 2. The quantitative estimate of drug-likeness (QED) is 0.797. The summed E-state index contributed by atoms with van der Waals surface area (Å²) in [6, 6.07) is 17.0. The lowest BCUT2D eigenvalue weighted by atomic mass is 9.99. The maximum absolute atomic E-state index is 12.3. The minimum atomic E-state index is -0.900. The third kappa shape index (κ3) is 4.40. The van der Waals surface area contributed by atoms with Crippen LogP contribution in [0.4, 0.5) is 0 Å². The molecule has 130 valence electrons. The Hall–Kier alpha value is -2.33. The fourth-order valence-electron chi connectivity index (χ4n) is 3.10. The molecule has 1 saturated carbocycles. The van der Waals surface area contributed by atoms with E-state index in [2.05, 4.69) is 5.32 Å². The van der Waals surface area contributed by atoms with Crippen LogP contribution in [0.1, 0.15) is 23.5 Å². The van der Waals surface area contributed by atoms with E-state index in [4.69, 9.17) is 11.6 Å². The van der Waals surface area contributed by atoms with Gasteiger partial charge in [-0.15, -0.1) is 0 Å². The standard InChI is InChI=1S/C20H20ClNO3/c21-18-9-5-4-8-15(18)16-11-17(16)19(23)22-12-14(20(24)25)10-13-6-2-1-3-7-13/h1-9,14,16-17H,10-12H2,(H,22,23)(H,24,25). The van der Waals surface area contributed by atoms with E-state index >= 15 is 0 Å². The summed E-state index contributed by atoms with van der Waals surface area (Å²) in [5.74, 6) is -1.62. The van der Waals surface area contributed by atoms with Gasteiger partial charge in [-0.1, -0.05) is 60.1 Å². The first-order chi connectivity index (χ1) is 12.1. The molecule has 2 aromatic carbocycles. The van der Waals surface area contributed by atoms with E-state index in [9.17, 15) is 14.7 Å². The Morgan fingerprint density at radius 3 is 2.48 bits per heavy atom. The van der Waals surface area contributed by atoms with E-state index in [0.717, 1.165) is 17.5 Å². The van der Waals surface area contributed by atoms with Gasteiger partial charge < -0.3 is 10.4 Å². The monoisotopic (exact) mass is 357 g/mol. The normalized spacial score (nSPS) is 19.9. The highest BCUT2D eigenvalue weighted by molar-refractivity contribution is 6.31. The molecule has 0 spiro atoms. The zero-order valence-electron chi connectivity index (χ0n) is 13.7. The number of carboxylic acids is 1. The van der Waals surface area contributed by atoms with Crippen LogP contribution in [-0.2, 0) is 16.0 Å². The summed E-state index contributed by atoms with van der Waals surface area (Å²) in [6.07, 6.45) is 1.15. The Kier molecular flexibility index (Phi) is 5.39. The molecule has 0 aromatic heterocycles. The van der Waals surface area contributed by atoms with Crippen molar-refractivity contribution in [2.75, 3.05) is 6.54 Å². The molecule has 0 aliphatic heterocycles. The number of halogens is 1. The second-order valence-corrected chi connectivity index (χ2v) is 6.85. The highest BCUT2D eigenvalue weighted by atomic mass is 35.5. The van der Waals surface area contributed by atoms with Gasteiger partial charge in [0.25, 0.3) is 0 Å². The van der Waals surface area contributed by atoms with Gasteiger partial charge >= 0.3 is 5.97 Å². The van der Waals surface area contributed by atoms with Crippen molar-refractivity contribution in [3.63, 3.8) is 0 Å². The molecular formula is C20H20ClNO3. The van der Waals surface area contributed by atoms with E-state index in [0.29, 0.717) is 11.4 Å². The lowest BCUT2D eigenvalue weighted by molar-refractivity contribution is -0.141. The van der Waals surface area contributed by atoms with Crippen molar-refractivity contribution < 1.29 is 14.7 Å². The number of carbonyl (C=O) groups excluding carboxylic acids is 1. The lowest BCUT2D eigenvalue weighted by Crippen LogP contribution is -2.35. The summed E-state index contributed by atoms with van der Waals surface area (Å²) in [6.45, 7) is 0.134. The predicted octanol–water partition coefficient (Wildman–Crippen LogP) is 3.50. The summed E-state index contributed by atoms with van der Waals surface area (Å²) in [5.41, 5.74) is 1.94. The van der Waals surface area contributed by atoms with Crippen LogP contribution in [0, 0.1) is 11.8 Å². The third-order valence-electron chi connectivity index (χ3n) is 4.63. The van der Waals surface area contributed by atoms with Crippen LogP contribution in [0.3, 0.4) is 0 Å². The smallest absolute Gasteiger partial charge is 0.308 e. The van der Waals surface area contributed by atoms with Gasteiger partial charge in [-0.25, -0.2) is 0 Å². The molecule has 1 aliphatic carbocycles. The molecule has 1 aliphatic rings. The van der Waals surface area contributed by atoms with Gasteiger partial charge in [0.1, 0.15) is 0 Å². The molecular weight excluding hydrogens is 338 g/mol. The summed E-state index contributed by atoms with van der Waals surface area (Å²) in [5, 5.41) is 12.9. The Morgan fingerprint density at radius 2 is 1.80 bits per heavy atom. The van der Waals surface area contributed by atoms with Gasteiger partial charge in [0.2, 0.25) is 5.91 Å². The first-order valence-electron chi connectivity index (χ1n) is 8.35. The summed E-state index contributed by atoms with van der Waals surface area (Å²) in [4.78, 5) is 23.8. The average Bonchev–Trinajstić information content (AvgIpc) is 3.40. The number of nitrogens with one attached hydrogen (secondary N) is 1. The van der Waals surface area contributed by atoms with Crippen LogP contribution >= 0.6 is 11.6 Å². The van der Waals surface area contributed by atoms with Crippen LogP contribution < -0.4 is 5.32 Å². The third-order valence-corrected chi connectivity index (χ3v) is 4.97. The van der Waals surface area contributed by atoms with E-state index in [1.807, 2.05) is 54.6 Å². The van der Waals surface area contributed by atoms with E-state index in [1.165, 1.54) is 0 Å². The average molecular weight is 358 g/mol. The number of carbonyl (C=O) groups is 2. The van der Waals surface area contributed by atoms with E-state index in [-0.39, 0.29) is 24.3 Å². The molecule has 1 fully saturated rings. The summed E-state index contributed by atoms with van der Waals surface area (Å²) >= 11 is 6.18. The number of amides is 1. The van der Waals surface area contributed by atoms with Gasteiger partial charge in [-0.2, -0.15) is 0 Å². The maximum atomic E-state index is 12.3. The first kappa shape index (κ1) is 17.5. The summed E-state index contributed by atoms with van der Waals surface area (Å²) < 4.78 is 0. The molecule has 5 heteroatoms. The molecule has 0 saturated heterocycles. The van der Waals surface area contributed by atoms with Crippen molar-refractivity contribution in [2.45, 2.75) is 18.8 Å². The zero-order valence-corrected chi connectivity index (χ0v) is 14.4. The summed E-state index contributed by atoms with van der Waals surface area (Å²) in [7, 11) is 0. The molecule has 0 heterocycles. The molecule has 25 heavy (non-hydrogen) atoms. The van der Waals surface area contributed by atoms with Crippen molar-refractivity contribution in [2.24, 2.45) is 11.8 Å². The minimum absolute atomic E-state index is 0.0933. The van der Waals surface area contributed by atoms with E-state index < -0.39 is 11.9 Å². The Morgan fingerprint density at radius 1 is 1.12 bits per heavy atom. The molecule has 0 bridgehead atoms. The van der Waals surface area contributed by atoms with Crippen LogP contribution in [0.2, 0.25) is 5.02 Å². The maximum Gasteiger partial charge on any atom is 0.308 e. The molecule has 1 amide bonds. The number of carboxylic acid groups (broad SMARTS) is 1. The Bertz CT molecular complexity index is 763. The van der Waals surface area contributed by atoms with Crippen molar-refractivity contribution >= 4 is 23.5 Å². The van der Waals surface area contributed by atoms with Crippen LogP contribution in [-0.4, -0.2) is 23.5 Å². The van der Waals surface area contributed by atoms with Crippen molar-refractivity contribution in [1.29, 1.82) is 0 Å². The highest BCUT2D eigenvalue weighted by Gasteiger charge is 2.44. The Balaban J connectivity index is 1.54.